The lowest BCUT2D eigenvalue weighted by Gasteiger charge is -2.41. The maximum atomic E-state index is 14.8. The minimum atomic E-state index is -1.33. The zero-order chi connectivity index (χ0) is 67.6. The summed E-state index contributed by atoms with van der Waals surface area (Å²) in [5.74, 6) is -2.35. The molecule has 0 aliphatic carbocycles. The first kappa shape index (κ1) is 63.0. The second kappa shape index (κ2) is 22.6. The molecule has 16 heteroatoms. The number of amides is 4. The van der Waals surface area contributed by atoms with Gasteiger partial charge in [0.2, 0.25) is 22.8 Å². The van der Waals surface area contributed by atoms with Crippen molar-refractivity contribution in [2.75, 3.05) is 47.7 Å². The van der Waals surface area contributed by atoms with Gasteiger partial charge in [-0.3, -0.25) is 19.2 Å². The van der Waals surface area contributed by atoms with Crippen molar-refractivity contribution < 1.29 is 47.3 Å². The average molecular weight is 1300 g/mol. The monoisotopic (exact) mass is 1300 g/mol. The van der Waals surface area contributed by atoms with Crippen molar-refractivity contribution in [2.45, 2.75) is 186 Å². The van der Waals surface area contributed by atoms with Crippen LogP contribution in [0, 0.1) is 0 Å². The quantitative estimate of drug-likeness (QED) is 0.0878. The van der Waals surface area contributed by atoms with Crippen LogP contribution in [0.5, 0.6) is 0 Å². The smallest absolute Gasteiger partial charge is 0.368 e. The molecule has 498 valence electrons. The van der Waals surface area contributed by atoms with E-state index in [1.165, 1.54) is 22.3 Å². The van der Waals surface area contributed by atoms with Gasteiger partial charge in [0.25, 0.3) is 23.6 Å². The number of aromatic nitrogens is 2. The van der Waals surface area contributed by atoms with Gasteiger partial charge in [-0.05, 0) is 155 Å². The lowest BCUT2D eigenvalue weighted by atomic mass is 9.78. The van der Waals surface area contributed by atoms with E-state index < -0.39 is 30.3 Å². The second-order valence-corrected chi connectivity index (χ2v) is 31.9. The third-order valence-corrected chi connectivity index (χ3v) is 21.2. The highest BCUT2D eigenvalue weighted by Gasteiger charge is 2.73. The van der Waals surface area contributed by atoms with E-state index in [-0.39, 0.29) is 45.3 Å². The molecule has 4 fully saturated rings. The predicted molar refractivity (Wildman–Crippen MR) is 378 cm³/mol. The van der Waals surface area contributed by atoms with Crippen LogP contribution in [0.4, 0.5) is 22.7 Å². The standard InChI is InChI=1S/C81H86N8O8/c1-77(2,3)47-39-45(40-48(43-47)78(4,5)6)67-55-27-31-59-71(69-51(82-73(90)63-23-15-35-94-63)19-13-20-52(69)83-74(91)64-24-16-36-95-64)61-33-29-57-68(46-41-49(79(7,8)9)44-50(42-46)80(10,11)12)58-30-34-62-72(60-32-28-56(67)87(60)81(86(55)59,88(57)61)89(58)62)70-53(84-75(92)65-25-17-37-96-65)21-14-22-54(70)85-76(93)66-26-18-38-97-66/h13-14,19-22,27-34,39-44,63-66H,15-18,23-26,35-38H2,1-12H3,(H2-,82,83,84,85,90,91,92,93)/p+2/t63-,64-,65-,66-,81?/m0/s1. The van der Waals surface area contributed by atoms with Gasteiger partial charge in [-0.25, -0.2) is 0 Å². The topological polar surface area (TPSA) is 169 Å². The molecular formula is C81H88N8O8+2. The Morgan fingerprint density at radius 1 is 0.402 bits per heavy atom. The summed E-state index contributed by atoms with van der Waals surface area (Å²) in [5, 5.41) is 15.3. The molecule has 2 aromatic heterocycles. The van der Waals surface area contributed by atoms with E-state index in [0.717, 1.165) is 104 Å². The van der Waals surface area contributed by atoms with Crippen LogP contribution in [0.3, 0.4) is 0 Å². The third-order valence-electron chi connectivity index (χ3n) is 21.2. The van der Waals surface area contributed by atoms with Crippen LogP contribution in [-0.4, -0.2) is 104 Å². The fourth-order valence-corrected chi connectivity index (χ4v) is 16.2. The Bertz CT molecular complexity index is 4630. The van der Waals surface area contributed by atoms with Crippen LogP contribution in [0.25, 0.3) is 22.3 Å². The van der Waals surface area contributed by atoms with E-state index in [4.69, 9.17) is 18.9 Å². The van der Waals surface area contributed by atoms with Crippen molar-refractivity contribution in [1.29, 1.82) is 0 Å². The molecule has 97 heavy (non-hydrogen) atoms. The first-order valence-corrected chi connectivity index (χ1v) is 35.0. The SMILES string of the molecule is CC(C)(C)c1cc(C2=C3C=CC4=[N+]3C35n6c2ccc6C(c2c(NC(=O)[C@@H]6CCCO6)cccc2NC(=O)[C@@H]2CCCO2)=C2C=CC(=[N+]23)C(c2cc(C(C)(C)C)cc(C(C)(C)C)c2)=c2ccc(n25)=C4c2c(NC(=O)[C@@H]3CCCO3)cccc2NC(=O)[C@@H]2CCCO2)cc(C(C)(C)C)c1. The van der Waals surface area contributed by atoms with Gasteiger partial charge >= 0.3 is 5.91 Å². The van der Waals surface area contributed by atoms with Crippen LogP contribution in [-0.2, 0) is 65.7 Å². The molecule has 16 nitrogen and oxygen atoms in total. The molecule has 1 unspecified atom stereocenters. The predicted octanol–water partition coefficient (Wildman–Crippen LogP) is 12.1. The number of ether oxygens (including phenoxy) is 4. The van der Waals surface area contributed by atoms with Crippen molar-refractivity contribution in [2.24, 2.45) is 0 Å². The Morgan fingerprint density at radius 2 is 0.732 bits per heavy atom. The summed E-state index contributed by atoms with van der Waals surface area (Å²) in [6.45, 7) is 29.3. The summed E-state index contributed by atoms with van der Waals surface area (Å²) in [5.41, 5.74) is 18.1. The molecule has 16 rings (SSSR count). The van der Waals surface area contributed by atoms with Crippen molar-refractivity contribution >= 4 is 80.1 Å². The molecule has 4 aromatic carbocycles. The number of rotatable bonds is 12. The lowest BCUT2D eigenvalue weighted by Crippen LogP contribution is -2.71. The molecule has 12 heterocycles. The van der Waals surface area contributed by atoms with Gasteiger partial charge in [0.05, 0.1) is 67.1 Å². The van der Waals surface area contributed by atoms with E-state index in [9.17, 15) is 19.2 Å². The van der Waals surface area contributed by atoms with E-state index in [2.05, 4.69) is 208 Å². The molecule has 5 atom stereocenters. The zero-order valence-electron chi connectivity index (χ0n) is 57.9. The van der Waals surface area contributed by atoms with Crippen LogP contribution in [0.2, 0.25) is 0 Å². The molecule has 10 aliphatic rings. The van der Waals surface area contributed by atoms with Crippen LogP contribution >= 0.6 is 0 Å². The number of carbonyl (C=O) groups excluding carboxylic acids is 4. The molecule has 4 saturated heterocycles. The molecule has 1 spiro atoms. The Morgan fingerprint density at radius 3 is 1.09 bits per heavy atom. The van der Waals surface area contributed by atoms with E-state index in [1.807, 2.05) is 36.4 Å². The summed E-state index contributed by atoms with van der Waals surface area (Å²) < 4.78 is 34.3. The maximum absolute atomic E-state index is 14.8. The van der Waals surface area contributed by atoms with Crippen LogP contribution in [0.15, 0.2) is 133 Å². The van der Waals surface area contributed by atoms with Crippen LogP contribution in [0.1, 0.15) is 190 Å². The Labute approximate surface area is 567 Å². The number of nitrogens with zero attached hydrogens (tertiary/aromatic N) is 4. The number of benzene rings is 4. The highest BCUT2D eigenvalue weighted by Crippen LogP contribution is 2.56. The van der Waals surface area contributed by atoms with Gasteiger partial charge in [0.15, 0.2) is 0 Å². The summed E-state index contributed by atoms with van der Waals surface area (Å²) in [6, 6.07) is 34.7. The highest BCUT2D eigenvalue weighted by molar-refractivity contribution is 6.32. The summed E-state index contributed by atoms with van der Waals surface area (Å²) >= 11 is 0. The molecule has 0 radical (unpaired) electrons. The number of allylic oxidation sites excluding steroid dienone is 4. The van der Waals surface area contributed by atoms with Crippen LogP contribution < -0.4 is 32.0 Å². The van der Waals surface area contributed by atoms with Crippen molar-refractivity contribution in [1.82, 2.24) is 9.13 Å². The number of hydrogen-bond donors (Lipinski definition) is 4. The fourth-order valence-electron chi connectivity index (χ4n) is 16.2. The molecular weight excluding hydrogens is 1210 g/mol. The maximum Gasteiger partial charge on any atom is 0.553 e. The molecule has 0 saturated carbocycles. The van der Waals surface area contributed by atoms with Gasteiger partial charge in [0, 0.05) is 61.9 Å². The van der Waals surface area contributed by atoms with Gasteiger partial charge in [-0.15, -0.1) is 0 Å². The number of hydrogen-bond acceptors (Lipinski definition) is 8. The second-order valence-electron chi connectivity index (χ2n) is 31.9. The van der Waals surface area contributed by atoms with E-state index >= 15 is 0 Å². The molecule has 4 N–H and O–H groups in total. The van der Waals surface area contributed by atoms with Crippen molar-refractivity contribution in [3.8, 4) is 0 Å². The average Bonchev–Trinajstić information content (AvgIpc) is 1.52. The molecule has 6 aromatic rings. The largest absolute Gasteiger partial charge is 0.553 e. The van der Waals surface area contributed by atoms with E-state index in [1.54, 1.807) is 0 Å². The van der Waals surface area contributed by atoms with Gasteiger partial charge in [-0.1, -0.05) is 141 Å². The molecule has 0 bridgehead atoms. The zero-order valence-corrected chi connectivity index (χ0v) is 57.9. The Balaban J connectivity index is 1.08. The first-order chi connectivity index (χ1) is 46.3. The Kier molecular flexibility index (Phi) is 14.7. The number of anilines is 4. The molecule has 10 aliphatic heterocycles. The van der Waals surface area contributed by atoms with Gasteiger partial charge < -0.3 is 40.2 Å². The minimum absolute atomic E-state index is 0.244. The summed E-state index contributed by atoms with van der Waals surface area (Å²) in [6.07, 6.45) is 11.8. The van der Waals surface area contributed by atoms with Crippen molar-refractivity contribution in [3.63, 3.8) is 0 Å². The number of carbonyl (C=O) groups is 4. The summed E-state index contributed by atoms with van der Waals surface area (Å²) in [7, 11) is 0. The van der Waals surface area contributed by atoms with E-state index in [0.29, 0.717) is 86.0 Å². The minimum Gasteiger partial charge on any atom is -0.368 e. The first-order valence-electron chi connectivity index (χ1n) is 35.0. The summed E-state index contributed by atoms with van der Waals surface area (Å²) in [4.78, 5) is 59.1. The Hall–Kier alpha value is -8.80. The normalized spacial score (nSPS) is 22.9. The van der Waals surface area contributed by atoms with Crippen molar-refractivity contribution in [3.05, 3.63) is 199 Å². The highest BCUT2D eigenvalue weighted by atomic mass is 16.5. The number of nitrogens with one attached hydrogen (secondary N) is 4. The van der Waals surface area contributed by atoms with Gasteiger partial charge in [-0.2, -0.15) is 9.13 Å². The molecule has 4 amide bonds. The van der Waals surface area contributed by atoms with Gasteiger partial charge in [0.1, 0.15) is 24.4 Å². The fraction of sp³-hybridized carbons (Fsp3) is 0.407. The third kappa shape index (κ3) is 10.0. The lowest BCUT2D eigenvalue weighted by molar-refractivity contribution is -0.834.